The highest BCUT2D eigenvalue weighted by Crippen LogP contribution is 2.41. The van der Waals surface area contributed by atoms with Crippen LogP contribution < -0.4 is 4.74 Å². The summed E-state index contributed by atoms with van der Waals surface area (Å²) in [7, 11) is 0. The van der Waals surface area contributed by atoms with Gasteiger partial charge in [-0.1, -0.05) is 23.7 Å². The molecule has 0 bridgehead atoms. The molecule has 0 fully saturated rings. The van der Waals surface area contributed by atoms with Crippen molar-refractivity contribution in [2.75, 3.05) is 13.1 Å². The number of amides is 1. The molecule has 0 saturated carbocycles. The van der Waals surface area contributed by atoms with Crippen LogP contribution in [0.4, 0.5) is 18.0 Å². The summed E-state index contributed by atoms with van der Waals surface area (Å²) < 4.78 is 50.5. The number of halogens is 4. The van der Waals surface area contributed by atoms with E-state index in [2.05, 4.69) is 4.98 Å². The highest BCUT2D eigenvalue weighted by molar-refractivity contribution is 6.32. The number of carbonyl (C=O) groups is 1. The first-order chi connectivity index (χ1) is 14.5. The van der Waals surface area contributed by atoms with Gasteiger partial charge in [0.15, 0.2) is 0 Å². The normalized spacial score (nSPS) is 14.8. The second-order valence-electron chi connectivity index (χ2n) is 7.98. The van der Waals surface area contributed by atoms with Crippen LogP contribution in [-0.2, 0) is 10.9 Å². The predicted molar refractivity (Wildman–Crippen MR) is 111 cm³/mol. The molecule has 0 unspecified atom stereocenters. The van der Waals surface area contributed by atoms with Gasteiger partial charge in [-0.15, -0.1) is 0 Å². The van der Waals surface area contributed by atoms with Gasteiger partial charge in [-0.05, 0) is 57.0 Å². The number of carbonyl (C=O) groups excluding carboxylic acids is 1. The lowest BCUT2D eigenvalue weighted by atomic mass is 10.0. The van der Waals surface area contributed by atoms with Crippen molar-refractivity contribution in [3.63, 3.8) is 0 Å². The van der Waals surface area contributed by atoms with Crippen molar-refractivity contribution in [1.82, 2.24) is 9.88 Å². The molecule has 1 aliphatic heterocycles. The fourth-order valence-corrected chi connectivity index (χ4v) is 3.31. The second kappa shape index (κ2) is 8.78. The zero-order valence-corrected chi connectivity index (χ0v) is 18.0. The monoisotopic (exact) mass is 454 g/mol. The molecule has 9 heteroatoms. The number of alkyl halides is 3. The molecular formula is C22H22ClF3N2O3. The molecule has 3 rings (SSSR count). The third kappa shape index (κ3) is 5.70. The van der Waals surface area contributed by atoms with Crippen LogP contribution in [0.5, 0.6) is 11.6 Å². The fraction of sp³-hybridized carbons (Fsp3) is 0.364. The molecule has 1 aromatic carbocycles. The molecule has 0 N–H and O–H groups in total. The third-order valence-corrected chi connectivity index (χ3v) is 4.84. The van der Waals surface area contributed by atoms with Crippen LogP contribution in [0.15, 0.2) is 42.6 Å². The Hall–Kier alpha value is -2.74. The van der Waals surface area contributed by atoms with E-state index in [0.717, 1.165) is 11.6 Å². The topological polar surface area (TPSA) is 51.7 Å². The van der Waals surface area contributed by atoms with E-state index in [4.69, 9.17) is 21.1 Å². The van der Waals surface area contributed by atoms with Crippen LogP contribution in [0.3, 0.4) is 0 Å². The number of ether oxygens (including phenoxy) is 2. The Labute approximate surface area is 183 Å². The molecule has 2 heterocycles. The van der Waals surface area contributed by atoms with Crippen LogP contribution in [0.1, 0.15) is 38.3 Å². The summed E-state index contributed by atoms with van der Waals surface area (Å²) in [5.74, 6) is 0.00363. The Bertz CT molecular complexity index is 1000. The van der Waals surface area contributed by atoms with Crippen molar-refractivity contribution in [2.24, 2.45) is 0 Å². The maximum atomic E-state index is 13.1. The van der Waals surface area contributed by atoms with Crippen molar-refractivity contribution in [3.8, 4) is 11.6 Å². The van der Waals surface area contributed by atoms with Gasteiger partial charge in [0, 0.05) is 24.8 Å². The van der Waals surface area contributed by atoms with Crippen LogP contribution >= 0.6 is 11.6 Å². The van der Waals surface area contributed by atoms with Crippen molar-refractivity contribution < 1.29 is 27.4 Å². The molecule has 0 radical (unpaired) electrons. The number of hydrogen-bond acceptors (Lipinski definition) is 4. The van der Waals surface area contributed by atoms with Crippen molar-refractivity contribution >= 4 is 23.3 Å². The molecule has 0 atom stereocenters. The minimum absolute atomic E-state index is 0.136. The van der Waals surface area contributed by atoms with Gasteiger partial charge in [0.2, 0.25) is 5.88 Å². The minimum Gasteiger partial charge on any atom is -0.444 e. The van der Waals surface area contributed by atoms with Gasteiger partial charge in [-0.2, -0.15) is 13.2 Å². The maximum Gasteiger partial charge on any atom is 0.417 e. The summed E-state index contributed by atoms with van der Waals surface area (Å²) in [6.07, 6.45) is -1.15. The number of nitrogens with zero attached hydrogens (tertiary/aromatic N) is 2. The molecule has 0 spiro atoms. The first-order valence-corrected chi connectivity index (χ1v) is 9.99. The molecule has 0 saturated heterocycles. The molecule has 1 aromatic heterocycles. The van der Waals surface area contributed by atoms with Gasteiger partial charge in [0.05, 0.1) is 10.6 Å². The van der Waals surface area contributed by atoms with Gasteiger partial charge in [0.25, 0.3) is 0 Å². The van der Waals surface area contributed by atoms with E-state index in [1.807, 2.05) is 6.08 Å². The maximum absolute atomic E-state index is 13.1. The summed E-state index contributed by atoms with van der Waals surface area (Å²) >= 11 is 5.94. The summed E-state index contributed by atoms with van der Waals surface area (Å²) in [6, 6.07) is 6.94. The zero-order valence-electron chi connectivity index (χ0n) is 17.3. The van der Waals surface area contributed by atoms with Gasteiger partial charge >= 0.3 is 12.3 Å². The van der Waals surface area contributed by atoms with Crippen molar-refractivity contribution in [3.05, 3.63) is 58.8 Å². The molecule has 5 nitrogen and oxygen atoms in total. The van der Waals surface area contributed by atoms with E-state index >= 15 is 0 Å². The van der Waals surface area contributed by atoms with Crippen LogP contribution in [-0.4, -0.2) is 34.7 Å². The van der Waals surface area contributed by atoms with E-state index in [1.165, 1.54) is 18.3 Å². The largest absolute Gasteiger partial charge is 0.444 e. The van der Waals surface area contributed by atoms with Gasteiger partial charge < -0.3 is 14.4 Å². The first kappa shape index (κ1) is 22.9. The van der Waals surface area contributed by atoms with E-state index < -0.39 is 28.5 Å². The molecule has 2 aromatic rings. The summed E-state index contributed by atoms with van der Waals surface area (Å²) in [6.45, 7) is 6.17. The van der Waals surface area contributed by atoms with E-state index in [9.17, 15) is 18.0 Å². The number of pyridine rings is 1. The molecule has 1 amide bonds. The highest BCUT2D eigenvalue weighted by Gasteiger charge is 2.34. The van der Waals surface area contributed by atoms with Gasteiger partial charge in [-0.25, -0.2) is 9.78 Å². The summed E-state index contributed by atoms with van der Waals surface area (Å²) in [4.78, 5) is 18.0. The lowest BCUT2D eigenvalue weighted by molar-refractivity contribution is -0.137. The Morgan fingerprint density at radius 3 is 2.52 bits per heavy atom. The SMILES string of the molecule is CC(C)(C)OC(=O)N1CC=C(c2cccnc2Oc2cccc(C(F)(F)F)c2Cl)CC1. The van der Waals surface area contributed by atoms with E-state index in [-0.39, 0.29) is 11.6 Å². The molecule has 1 aliphatic rings. The lowest BCUT2D eigenvalue weighted by Gasteiger charge is -2.29. The fourth-order valence-electron chi connectivity index (χ4n) is 3.04. The van der Waals surface area contributed by atoms with Gasteiger partial charge in [0.1, 0.15) is 11.4 Å². The smallest absolute Gasteiger partial charge is 0.417 e. The number of aromatic nitrogens is 1. The van der Waals surface area contributed by atoms with Crippen LogP contribution in [0.2, 0.25) is 5.02 Å². The van der Waals surface area contributed by atoms with E-state index in [0.29, 0.717) is 25.1 Å². The zero-order chi connectivity index (χ0) is 22.8. The predicted octanol–water partition coefficient (Wildman–Crippen LogP) is 6.57. The van der Waals surface area contributed by atoms with Gasteiger partial charge in [-0.3, -0.25) is 0 Å². The third-order valence-electron chi connectivity index (χ3n) is 4.45. The Morgan fingerprint density at radius 2 is 1.90 bits per heavy atom. The van der Waals surface area contributed by atoms with Crippen molar-refractivity contribution in [2.45, 2.75) is 39.0 Å². The molecular weight excluding hydrogens is 433 g/mol. The Morgan fingerprint density at radius 1 is 1.16 bits per heavy atom. The standard InChI is InChI=1S/C22H22ClF3N2O3/c1-21(2,3)31-20(29)28-12-9-14(10-13-28)15-6-5-11-27-19(15)30-17-8-4-7-16(18(17)23)22(24,25)26/h4-9,11H,10,12-13H2,1-3H3. The van der Waals surface area contributed by atoms with Crippen LogP contribution in [0.25, 0.3) is 5.57 Å². The average molecular weight is 455 g/mol. The molecule has 31 heavy (non-hydrogen) atoms. The second-order valence-corrected chi connectivity index (χ2v) is 8.36. The van der Waals surface area contributed by atoms with E-state index in [1.54, 1.807) is 37.8 Å². The van der Waals surface area contributed by atoms with Crippen LogP contribution in [0, 0.1) is 0 Å². The summed E-state index contributed by atoms with van der Waals surface area (Å²) in [5.41, 5.74) is -0.0739. The highest BCUT2D eigenvalue weighted by atomic mass is 35.5. The Balaban J connectivity index is 1.82. The number of hydrogen-bond donors (Lipinski definition) is 0. The number of benzene rings is 1. The quantitative estimate of drug-likeness (QED) is 0.526. The Kier molecular flexibility index (Phi) is 6.50. The molecule has 166 valence electrons. The average Bonchev–Trinajstić information content (AvgIpc) is 2.68. The number of rotatable bonds is 3. The summed E-state index contributed by atoms with van der Waals surface area (Å²) in [5, 5.41) is -0.527. The molecule has 0 aliphatic carbocycles. The first-order valence-electron chi connectivity index (χ1n) is 9.61. The lowest BCUT2D eigenvalue weighted by Crippen LogP contribution is -2.39. The minimum atomic E-state index is -4.60. The van der Waals surface area contributed by atoms with Crippen molar-refractivity contribution in [1.29, 1.82) is 0 Å².